The highest BCUT2D eigenvalue weighted by Crippen LogP contribution is 2.14. The Morgan fingerprint density at radius 1 is 1.19 bits per heavy atom. The van der Waals surface area contributed by atoms with Crippen molar-refractivity contribution in [2.75, 3.05) is 0 Å². The van der Waals surface area contributed by atoms with E-state index in [1.165, 1.54) is 12.1 Å². The van der Waals surface area contributed by atoms with Gasteiger partial charge in [-0.2, -0.15) is 0 Å². The lowest BCUT2D eigenvalue weighted by Gasteiger charge is -2.04. The molecule has 0 bridgehead atoms. The quantitative estimate of drug-likeness (QED) is 0.737. The average molecular weight is 215 g/mol. The Hall–Kier alpha value is -2.03. The first-order valence-corrected chi connectivity index (χ1v) is 4.92. The number of benzene rings is 1. The Morgan fingerprint density at radius 3 is 2.62 bits per heavy atom. The molecule has 1 aromatic carbocycles. The van der Waals surface area contributed by atoms with Crippen LogP contribution in [0.5, 0.6) is 0 Å². The molecule has 0 saturated heterocycles. The lowest BCUT2D eigenvalue weighted by molar-refractivity contribution is 0.112. The van der Waals surface area contributed by atoms with E-state index < -0.39 is 0 Å². The van der Waals surface area contributed by atoms with E-state index in [-0.39, 0.29) is 5.82 Å². The van der Waals surface area contributed by atoms with E-state index in [2.05, 4.69) is 4.98 Å². The van der Waals surface area contributed by atoms with Crippen LogP contribution in [0.2, 0.25) is 0 Å². The van der Waals surface area contributed by atoms with E-state index in [9.17, 15) is 9.18 Å². The summed E-state index contributed by atoms with van der Waals surface area (Å²) in [5, 5.41) is 0. The number of hydrogen-bond acceptors (Lipinski definition) is 2. The van der Waals surface area contributed by atoms with Crippen LogP contribution in [0.15, 0.2) is 42.7 Å². The van der Waals surface area contributed by atoms with Gasteiger partial charge in [0.1, 0.15) is 12.1 Å². The second kappa shape index (κ2) is 4.66. The summed E-state index contributed by atoms with van der Waals surface area (Å²) in [4.78, 5) is 14.7. The van der Waals surface area contributed by atoms with Crippen molar-refractivity contribution in [3.05, 3.63) is 65.2 Å². The molecule has 16 heavy (non-hydrogen) atoms. The number of aldehydes is 1. The van der Waals surface area contributed by atoms with Gasteiger partial charge in [-0.1, -0.05) is 6.07 Å². The number of halogens is 1. The molecule has 0 N–H and O–H groups in total. The zero-order valence-corrected chi connectivity index (χ0v) is 8.56. The standard InChI is InChI=1S/C13H10FNO/c14-13-2-1-11(12(8-13)9-16)7-10-3-5-15-6-4-10/h1-6,8-9H,7H2. The van der Waals surface area contributed by atoms with Crippen LogP contribution in [0.3, 0.4) is 0 Å². The largest absolute Gasteiger partial charge is 0.298 e. The first kappa shape index (κ1) is 10.5. The summed E-state index contributed by atoms with van der Waals surface area (Å²) in [6.07, 6.45) is 4.68. The van der Waals surface area contributed by atoms with Gasteiger partial charge in [0.05, 0.1) is 0 Å². The summed E-state index contributed by atoms with van der Waals surface area (Å²) in [5.74, 6) is -0.388. The Bertz CT molecular complexity index is 497. The van der Waals surface area contributed by atoms with Crippen molar-refractivity contribution in [3.63, 3.8) is 0 Å². The van der Waals surface area contributed by atoms with E-state index in [1.807, 2.05) is 12.1 Å². The minimum atomic E-state index is -0.388. The maximum absolute atomic E-state index is 12.9. The monoisotopic (exact) mass is 215 g/mol. The van der Waals surface area contributed by atoms with Crippen molar-refractivity contribution < 1.29 is 9.18 Å². The number of aromatic nitrogens is 1. The fourth-order valence-corrected chi connectivity index (χ4v) is 1.56. The van der Waals surface area contributed by atoms with Crippen LogP contribution in [0.1, 0.15) is 21.5 Å². The number of rotatable bonds is 3. The highest BCUT2D eigenvalue weighted by Gasteiger charge is 2.04. The molecule has 2 nitrogen and oxygen atoms in total. The van der Waals surface area contributed by atoms with E-state index in [1.54, 1.807) is 18.5 Å². The summed E-state index contributed by atoms with van der Waals surface area (Å²) >= 11 is 0. The number of pyridine rings is 1. The highest BCUT2D eigenvalue weighted by molar-refractivity contribution is 5.77. The number of carbonyl (C=O) groups excluding carboxylic acids is 1. The summed E-state index contributed by atoms with van der Waals surface area (Å²) in [6, 6.07) is 8.00. The second-order valence-electron chi connectivity index (χ2n) is 3.49. The number of hydrogen-bond donors (Lipinski definition) is 0. The molecule has 0 radical (unpaired) electrons. The fraction of sp³-hybridized carbons (Fsp3) is 0.0769. The molecule has 3 heteroatoms. The second-order valence-corrected chi connectivity index (χ2v) is 3.49. The van der Waals surface area contributed by atoms with Gasteiger partial charge >= 0.3 is 0 Å². The molecule has 0 amide bonds. The first-order valence-electron chi connectivity index (χ1n) is 4.92. The molecule has 1 aromatic heterocycles. The molecule has 80 valence electrons. The zero-order valence-electron chi connectivity index (χ0n) is 8.56. The predicted molar refractivity (Wildman–Crippen MR) is 58.8 cm³/mol. The molecule has 0 saturated carbocycles. The molecule has 0 aliphatic heterocycles. The van der Waals surface area contributed by atoms with Crippen molar-refractivity contribution in [3.8, 4) is 0 Å². The lowest BCUT2D eigenvalue weighted by atomic mass is 10.0. The van der Waals surface area contributed by atoms with Crippen molar-refractivity contribution in [2.45, 2.75) is 6.42 Å². The molecular weight excluding hydrogens is 205 g/mol. The Labute approximate surface area is 92.8 Å². The molecule has 0 unspecified atom stereocenters. The number of carbonyl (C=O) groups is 1. The van der Waals surface area contributed by atoms with Crippen LogP contribution in [0.4, 0.5) is 4.39 Å². The SMILES string of the molecule is O=Cc1cc(F)ccc1Cc1ccncc1. The van der Waals surface area contributed by atoms with E-state index >= 15 is 0 Å². The van der Waals surface area contributed by atoms with Gasteiger partial charge in [-0.3, -0.25) is 9.78 Å². The normalized spacial score (nSPS) is 10.1. The summed E-state index contributed by atoms with van der Waals surface area (Å²) in [7, 11) is 0. The van der Waals surface area contributed by atoms with Crippen molar-refractivity contribution in [1.29, 1.82) is 0 Å². The third kappa shape index (κ3) is 2.31. The van der Waals surface area contributed by atoms with Crippen LogP contribution in [0, 0.1) is 5.82 Å². The first-order chi connectivity index (χ1) is 7.79. The summed E-state index contributed by atoms with van der Waals surface area (Å²) in [6.45, 7) is 0. The fourth-order valence-electron chi connectivity index (χ4n) is 1.56. The van der Waals surface area contributed by atoms with Gasteiger partial charge in [-0.05, 0) is 41.8 Å². The molecular formula is C13H10FNO. The maximum atomic E-state index is 12.9. The third-order valence-corrected chi connectivity index (χ3v) is 2.38. The van der Waals surface area contributed by atoms with Gasteiger partial charge in [0.25, 0.3) is 0 Å². The molecule has 0 atom stereocenters. The van der Waals surface area contributed by atoms with Crippen molar-refractivity contribution in [1.82, 2.24) is 4.98 Å². The Balaban J connectivity index is 2.31. The van der Waals surface area contributed by atoms with Crippen molar-refractivity contribution >= 4 is 6.29 Å². The molecule has 0 aliphatic carbocycles. The molecule has 0 fully saturated rings. The minimum Gasteiger partial charge on any atom is -0.298 e. The molecule has 0 aliphatic rings. The van der Waals surface area contributed by atoms with Crippen LogP contribution in [-0.2, 0) is 6.42 Å². The zero-order chi connectivity index (χ0) is 11.4. The van der Waals surface area contributed by atoms with E-state index in [0.29, 0.717) is 18.3 Å². The topological polar surface area (TPSA) is 30.0 Å². The maximum Gasteiger partial charge on any atom is 0.150 e. The molecule has 1 heterocycles. The summed E-state index contributed by atoms with van der Waals surface area (Å²) in [5.41, 5.74) is 2.27. The van der Waals surface area contributed by atoms with Gasteiger partial charge in [0.2, 0.25) is 0 Å². The van der Waals surface area contributed by atoms with Gasteiger partial charge in [-0.25, -0.2) is 4.39 Å². The van der Waals surface area contributed by atoms with Gasteiger partial charge in [0.15, 0.2) is 0 Å². The molecule has 2 aromatic rings. The predicted octanol–water partition coefficient (Wildman–Crippen LogP) is 2.62. The van der Waals surface area contributed by atoms with Crippen LogP contribution in [-0.4, -0.2) is 11.3 Å². The van der Waals surface area contributed by atoms with Crippen LogP contribution < -0.4 is 0 Å². The smallest absolute Gasteiger partial charge is 0.150 e. The Kier molecular flexibility index (Phi) is 3.05. The number of nitrogens with zero attached hydrogens (tertiary/aromatic N) is 1. The van der Waals surface area contributed by atoms with E-state index in [4.69, 9.17) is 0 Å². The van der Waals surface area contributed by atoms with Crippen LogP contribution >= 0.6 is 0 Å². The minimum absolute atomic E-state index is 0.388. The lowest BCUT2D eigenvalue weighted by Crippen LogP contribution is -1.95. The van der Waals surface area contributed by atoms with Gasteiger partial charge in [-0.15, -0.1) is 0 Å². The van der Waals surface area contributed by atoms with E-state index in [0.717, 1.165) is 11.1 Å². The molecule has 2 rings (SSSR count). The Morgan fingerprint density at radius 2 is 1.94 bits per heavy atom. The molecule has 0 spiro atoms. The van der Waals surface area contributed by atoms with Gasteiger partial charge in [0, 0.05) is 18.0 Å². The van der Waals surface area contributed by atoms with Crippen molar-refractivity contribution in [2.24, 2.45) is 0 Å². The third-order valence-electron chi connectivity index (χ3n) is 2.38. The average Bonchev–Trinajstić information content (AvgIpc) is 2.33. The summed E-state index contributed by atoms with van der Waals surface area (Å²) < 4.78 is 12.9. The van der Waals surface area contributed by atoms with Gasteiger partial charge < -0.3 is 0 Å². The van der Waals surface area contributed by atoms with Crippen LogP contribution in [0.25, 0.3) is 0 Å². The highest BCUT2D eigenvalue weighted by atomic mass is 19.1.